The molecule has 3 atom stereocenters. The SMILES string of the molecule is CCCCCCCCCCCC(=O)OC[C@H](COP(=O)(OC)OC[C@@H]1COC(C)(C)O1)OCc1ccccc1. The van der Waals surface area contributed by atoms with Gasteiger partial charge in [0, 0.05) is 13.5 Å². The van der Waals surface area contributed by atoms with Crippen molar-refractivity contribution < 1.29 is 41.9 Å². The lowest BCUT2D eigenvalue weighted by molar-refractivity contribution is -0.149. The molecule has 2 rings (SSSR count). The molecule has 1 heterocycles. The number of rotatable bonds is 22. The molecular weight excluding hydrogens is 523 g/mol. The average Bonchev–Trinajstić information content (AvgIpc) is 3.29. The van der Waals surface area contributed by atoms with E-state index in [0.29, 0.717) is 13.0 Å². The summed E-state index contributed by atoms with van der Waals surface area (Å²) >= 11 is 0. The van der Waals surface area contributed by atoms with Crippen LogP contribution in [-0.4, -0.2) is 57.5 Å². The van der Waals surface area contributed by atoms with E-state index in [1.807, 2.05) is 30.3 Å². The first-order valence-electron chi connectivity index (χ1n) is 14.3. The third-order valence-corrected chi connectivity index (χ3v) is 7.75. The van der Waals surface area contributed by atoms with Crippen molar-refractivity contribution in [3.8, 4) is 0 Å². The van der Waals surface area contributed by atoms with Gasteiger partial charge in [-0.25, -0.2) is 4.57 Å². The summed E-state index contributed by atoms with van der Waals surface area (Å²) in [5.74, 6) is -1.00. The van der Waals surface area contributed by atoms with Gasteiger partial charge in [0.2, 0.25) is 0 Å². The van der Waals surface area contributed by atoms with Crippen LogP contribution in [0.15, 0.2) is 30.3 Å². The van der Waals surface area contributed by atoms with Crippen molar-refractivity contribution in [1.29, 1.82) is 0 Å². The van der Waals surface area contributed by atoms with Gasteiger partial charge in [-0.1, -0.05) is 88.6 Å². The molecule has 1 aromatic rings. The van der Waals surface area contributed by atoms with Gasteiger partial charge in [-0.3, -0.25) is 18.4 Å². The molecule has 0 saturated carbocycles. The van der Waals surface area contributed by atoms with Crippen molar-refractivity contribution in [2.75, 3.05) is 33.5 Å². The fourth-order valence-corrected chi connectivity index (χ4v) is 5.09. The van der Waals surface area contributed by atoms with Crippen LogP contribution in [0.25, 0.3) is 0 Å². The van der Waals surface area contributed by atoms with Crippen LogP contribution < -0.4 is 0 Å². The summed E-state index contributed by atoms with van der Waals surface area (Å²) in [6.45, 7) is 6.23. The van der Waals surface area contributed by atoms with Crippen molar-refractivity contribution in [2.24, 2.45) is 0 Å². The lowest BCUT2D eigenvalue weighted by Gasteiger charge is -2.22. The summed E-state index contributed by atoms with van der Waals surface area (Å²) in [5, 5.41) is 0. The highest BCUT2D eigenvalue weighted by Crippen LogP contribution is 2.49. The number of phosphoric acid groups is 1. The monoisotopic (exact) mass is 572 g/mol. The van der Waals surface area contributed by atoms with Gasteiger partial charge in [-0.05, 0) is 25.8 Å². The first-order valence-corrected chi connectivity index (χ1v) is 15.8. The van der Waals surface area contributed by atoms with Crippen LogP contribution in [0.2, 0.25) is 0 Å². The second kappa shape index (κ2) is 18.9. The van der Waals surface area contributed by atoms with E-state index in [9.17, 15) is 9.36 Å². The molecule has 10 heteroatoms. The quantitative estimate of drug-likeness (QED) is 0.0828. The Bertz CT molecular complexity index is 833. The molecule has 39 heavy (non-hydrogen) atoms. The molecule has 1 unspecified atom stereocenters. The van der Waals surface area contributed by atoms with Crippen LogP contribution in [0.5, 0.6) is 0 Å². The maximum Gasteiger partial charge on any atom is 0.474 e. The summed E-state index contributed by atoms with van der Waals surface area (Å²) in [6.07, 6.45) is 9.93. The normalized spacial score (nSPS) is 19.0. The molecule has 0 N–H and O–H groups in total. The summed E-state index contributed by atoms with van der Waals surface area (Å²) in [5.41, 5.74) is 0.954. The smallest absolute Gasteiger partial charge is 0.463 e. The second-order valence-corrected chi connectivity index (χ2v) is 12.1. The fraction of sp³-hybridized carbons (Fsp3) is 0.759. The fourth-order valence-electron chi connectivity index (χ4n) is 4.11. The first-order chi connectivity index (χ1) is 18.8. The maximum absolute atomic E-state index is 13.0. The third-order valence-electron chi connectivity index (χ3n) is 6.37. The number of carbonyl (C=O) groups is 1. The van der Waals surface area contributed by atoms with Gasteiger partial charge < -0.3 is 18.9 Å². The van der Waals surface area contributed by atoms with E-state index in [4.69, 9.17) is 32.5 Å². The molecule has 1 aliphatic heterocycles. The lowest BCUT2D eigenvalue weighted by atomic mass is 10.1. The van der Waals surface area contributed by atoms with Crippen molar-refractivity contribution >= 4 is 13.8 Å². The van der Waals surface area contributed by atoms with Gasteiger partial charge in [-0.2, -0.15) is 0 Å². The topological polar surface area (TPSA) is 98.8 Å². The van der Waals surface area contributed by atoms with E-state index < -0.39 is 19.7 Å². The Morgan fingerprint density at radius 2 is 1.67 bits per heavy atom. The van der Waals surface area contributed by atoms with E-state index in [1.54, 1.807) is 13.8 Å². The highest BCUT2D eigenvalue weighted by Gasteiger charge is 2.36. The van der Waals surface area contributed by atoms with Crippen LogP contribution in [0.3, 0.4) is 0 Å². The molecule has 224 valence electrons. The molecular formula is C29H49O9P. The minimum atomic E-state index is -3.89. The predicted octanol–water partition coefficient (Wildman–Crippen LogP) is 6.98. The van der Waals surface area contributed by atoms with Gasteiger partial charge in [0.05, 0.1) is 26.4 Å². The zero-order valence-corrected chi connectivity index (χ0v) is 25.2. The Morgan fingerprint density at radius 1 is 1.00 bits per heavy atom. The molecule has 1 fully saturated rings. The van der Waals surface area contributed by atoms with Gasteiger partial charge in [0.15, 0.2) is 5.79 Å². The van der Waals surface area contributed by atoms with Crippen LogP contribution in [0.1, 0.15) is 90.5 Å². The summed E-state index contributed by atoms with van der Waals surface area (Å²) in [6, 6.07) is 9.62. The minimum absolute atomic E-state index is 0.0161. The van der Waals surface area contributed by atoms with Crippen molar-refractivity contribution in [1.82, 2.24) is 0 Å². The minimum Gasteiger partial charge on any atom is -0.463 e. The first kappa shape index (κ1) is 33.9. The van der Waals surface area contributed by atoms with E-state index in [2.05, 4.69) is 6.92 Å². The average molecular weight is 573 g/mol. The highest BCUT2D eigenvalue weighted by atomic mass is 31.2. The van der Waals surface area contributed by atoms with E-state index >= 15 is 0 Å². The second-order valence-electron chi connectivity index (χ2n) is 10.4. The number of phosphoric ester groups is 1. The number of ether oxygens (including phenoxy) is 4. The van der Waals surface area contributed by atoms with Crippen molar-refractivity contribution in [2.45, 2.75) is 110 Å². The van der Waals surface area contributed by atoms with E-state index in [0.717, 1.165) is 24.8 Å². The molecule has 0 radical (unpaired) electrons. The number of unbranched alkanes of at least 4 members (excludes halogenated alkanes) is 8. The molecule has 0 aromatic heterocycles. The largest absolute Gasteiger partial charge is 0.474 e. The zero-order chi connectivity index (χ0) is 28.4. The number of hydrogen-bond acceptors (Lipinski definition) is 9. The number of carbonyl (C=O) groups excluding carboxylic acids is 1. The number of benzene rings is 1. The summed E-state index contributed by atoms with van der Waals surface area (Å²) in [7, 11) is -2.63. The number of hydrogen-bond donors (Lipinski definition) is 0. The molecule has 1 aliphatic rings. The van der Waals surface area contributed by atoms with Crippen LogP contribution in [-0.2, 0) is 48.5 Å². The third kappa shape index (κ3) is 15.3. The maximum atomic E-state index is 13.0. The van der Waals surface area contributed by atoms with Gasteiger partial charge in [0.25, 0.3) is 0 Å². The van der Waals surface area contributed by atoms with Gasteiger partial charge in [0.1, 0.15) is 18.8 Å². The van der Waals surface area contributed by atoms with Crippen molar-refractivity contribution in [3.05, 3.63) is 35.9 Å². The Kier molecular flexibility index (Phi) is 16.4. The van der Waals surface area contributed by atoms with Crippen LogP contribution >= 0.6 is 7.82 Å². The summed E-state index contributed by atoms with van der Waals surface area (Å²) in [4.78, 5) is 12.3. The van der Waals surface area contributed by atoms with E-state index in [1.165, 1.54) is 45.6 Å². The summed E-state index contributed by atoms with van der Waals surface area (Å²) < 4.78 is 51.6. The Labute approximate surface area is 234 Å². The molecule has 0 amide bonds. The van der Waals surface area contributed by atoms with Crippen molar-refractivity contribution in [3.63, 3.8) is 0 Å². The molecule has 0 bridgehead atoms. The molecule has 1 aromatic carbocycles. The standard InChI is InChI=1S/C29H49O9P/c1-5-6-7-8-9-10-11-12-16-19-28(30)34-21-26(33-20-25-17-14-13-15-18-25)23-36-39(31,32-4)37-24-27-22-35-29(2,3)38-27/h13-15,17-18,26-27H,5-12,16,19-24H2,1-4H3/t26-,27+,39?/m1/s1. The Morgan fingerprint density at radius 3 is 2.28 bits per heavy atom. The molecule has 0 aliphatic carbocycles. The predicted molar refractivity (Wildman–Crippen MR) is 149 cm³/mol. The van der Waals surface area contributed by atoms with Crippen LogP contribution in [0.4, 0.5) is 0 Å². The van der Waals surface area contributed by atoms with Crippen LogP contribution in [0, 0.1) is 0 Å². The van der Waals surface area contributed by atoms with Gasteiger partial charge in [-0.15, -0.1) is 0 Å². The van der Waals surface area contributed by atoms with Gasteiger partial charge >= 0.3 is 13.8 Å². The van der Waals surface area contributed by atoms with E-state index in [-0.39, 0.29) is 38.5 Å². The number of esters is 1. The zero-order valence-electron chi connectivity index (χ0n) is 24.3. The Balaban J connectivity index is 1.75. The lowest BCUT2D eigenvalue weighted by Crippen LogP contribution is -2.27. The molecule has 1 saturated heterocycles. The molecule has 0 spiro atoms. The Hall–Kier alpha value is -1.32. The molecule has 9 nitrogen and oxygen atoms in total. The highest BCUT2D eigenvalue weighted by molar-refractivity contribution is 7.48.